The number of nitrogens with zero attached hydrogens (tertiary/aromatic N) is 2. The molecular formula is C8H11N3O2. The molecule has 1 saturated heterocycles. The smallest absolute Gasteiger partial charge is 0.158 e. The topological polar surface area (TPSA) is 53.9 Å². The third-order valence-corrected chi connectivity index (χ3v) is 2.07. The predicted molar refractivity (Wildman–Crippen MR) is 47.0 cm³/mol. The van der Waals surface area contributed by atoms with Crippen molar-refractivity contribution in [1.82, 2.24) is 10.3 Å². The molecule has 0 spiro atoms. The minimum absolute atomic E-state index is 0.0455. The van der Waals surface area contributed by atoms with E-state index in [4.69, 9.17) is 4.74 Å². The molecule has 0 aromatic heterocycles. The fraction of sp³-hybridized carbons (Fsp3) is 0.625. The third-order valence-electron chi connectivity index (χ3n) is 2.07. The van der Waals surface area contributed by atoms with Gasteiger partial charge in [-0.3, -0.25) is 5.01 Å². The Morgan fingerprint density at radius 3 is 3.31 bits per heavy atom. The molecule has 0 amide bonds. The SMILES string of the molecule is O=C=C1C=NN(C2CNCCO2)C1. The lowest BCUT2D eigenvalue weighted by Crippen LogP contribution is -2.46. The Labute approximate surface area is 76.0 Å². The van der Waals surface area contributed by atoms with Crippen LogP contribution in [0.4, 0.5) is 0 Å². The molecule has 0 aromatic carbocycles. The van der Waals surface area contributed by atoms with Crippen molar-refractivity contribution in [3.63, 3.8) is 0 Å². The number of hydrogen-bond acceptors (Lipinski definition) is 5. The molecule has 2 heterocycles. The summed E-state index contributed by atoms with van der Waals surface area (Å²) in [5.41, 5.74) is 0.578. The normalized spacial score (nSPS) is 27.8. The Balaban J connectivity index is 1.95. The maximum Gasteiger partial charge on any atom is 0.158 e. The molecule has 0 bridgehead atoms. The fourth-order valence-corrected chi connectivity index (χ4v) is 1.38. The van der Waals surface area contributed by atoms with Crippen molar-refractivity contribution in [2.45, 2.75) is 6.23 Å². The van der Waals surface area contributed by atoms with Crippen LogP contribution < -0.4 is 5.32 Å². The molecule has 2 rings (SSSR count). The van der Waals surface area contributed by atoms with Gasteiger partial charge in [-0.2, -0.15) is 5.10 Å². The van der Waals surface area contributed by atoms with Gasteiger partial charge in [0.25, 0.3) is 0 Å². The number of nitrogens with one attached hydrogen (secondary N) is 1. The minimum Gasteiger partial charge on any atom is -0.354 e. The Bertz CT molecular complexity index is 265. The van der Waals surface area contributed by atoms with Gasteiger partial charge in [0.05, 0.1) is 24.9 Å². The van der Waals surface area contributed by atoms with Crippen LogP contribution in [0.3, 0.4) is 0 Å². The average Bonchev–Trinajstić information content (AvgIpc) is 2.67. The number of hydrazone groups is 1. The van der Waals surface area contributed by atoms with Crippen LogP contribution in [0.25, 0.3) is 0 Å². The average molecular weight is 181 g/mol. The minimum atomic E-state index is -0.0455. The van der Waals surface area contributed by atoms with Crippen LogP contribution in [0.2, 0.25) is 0 Å². The highest BCUT2D eigenvalue weighted by Gasteiger charge is 2.23. The zero-order chi connectivity index (χ0) is 9.10. The van der Waals surface area contributed by atoms with Gasteiger partial charge in [0.15, 0.2) is 6.23 Å². The van der Waals surface area contributed by atoms with Crippen molar-refractivity contribution in [3.8, 4) is 0 Å². The number of morpholine rings is 1. The standard InChI is InChI=1S/C8H11N3O2/c12-6-7-3-10-11(5-7)8-4-9-1-2-13-8/h3,8-9H,1-2,4-5H2. The van der Waals surface area contributed by atoms with Crippen molar-refractivity contribution < 1.29 is 9.53 Å². The summed E-state index contributed by atoms with van der Waals surface area (Å²) in [5, 5.41) is 9.01. The van der Waals surface area contributed by atoms with E-state index in [9.17, 15) is 4.79 Å². The van der Waals surface area contributed by atoms with Crippen molar-refractivity contribution >= 4 is 12.2 Å². The van der Waals surface area contributed by atoms with E-state index >= 15 is 0 Å². The van der Waals surface area contributed by atoms with Crippen molar-refractivity contribution in [3.05, 3.63) is 5.57 Å². The molecule has 0 aromatic rings. The zero-order valence-electron chi connectivity index (χ0n) is 7.19. The summed E-state index contributed by atoms with van der Waals surface area (Å²) >= 11 is 0. The largest absolute Gasteiger partial charge is 0.354 e. The summed E-state index contributed by atoms with van der Waals surface area (Å²) < 4.78 is 5.46. The van der Waals surface area contributed by atoms with Crippen LogP contribution in [-0.4, -0.2) is 49.6 Å². The molecule has 1 N–H and O–H groups in total. The molecule has 70 valence electrons. The second-order valence-corrected chi connectivity index (χ2v) is 3.00. The molecule has 13 heavy (non-hydrogen) atoms. The highest BCUT2D eigenvalue weighted by atomic mass is 16.5. The molecular weight excluding hydrogens is 170 g/mol. The van der Waals surface area contributed by atoms with E-state index in [0.717, 1.165) is 13.1 Å². The van der Waals surface area contributed by atoms with Crippen molar-refractivity contribution in [1.29, 1.82) is 0 Å². The van der Waals surface area contributed by atoms with Crippen LogP contribution in [0, 0.1) is 0 Å². The number of hydrogen-bond donors (Lipinski definition) is 1. The van der Waals surface area contributed by atoms with E-state index in [0.29, 0.717) is 18.7 Å². The summed E-state index contributed by atoms with van der Waals surface area (Å²) in [6.45, 7) is 2.83. The lowest BCUT2D eigenvalue weighted by atomic mass is 10.3. The Morgan fingerprint density at radius 1 is 1.77 bits per heavy atom. The van der Waals surface area contributed by atoms with Crippen LogP contribution in [0.1, 0.15) is 0 Å². The van der Waals surface area contributed by atoms with Crippen molar-refractivity contribution in [2.24, 2.45) is 5.10 Å². The lowest BCUT2D eigenvalue weighted by molar-refractivity contribution is -0.0677. The van der Waals surface area contributed by atoms with Gasteiger partial charge in [0.2, 0.25) is 0 Å². The molecule has 2 aliphatic heterocycles. The monoisotopic (exact) mass is 181 g/mol. The molecule has 2 aliphatic rings. The number of carbonyl (C=O) groups excluding carboxylic acids is 1. The number of ether oxygens (including phenoxy) is 1. The van der Waals surface area contributed by atoms with Crippen LogP contribution in [0.15, 0.2) is 10.7 Å². The summed E-state index contributed by atoms with van der Waals surface area (Å²) in [4.78, 5) is 10.3. The summed E-state index contributed by atoms with van der Waals surface area (Å²) in [5.74, 6) is 1.83. The predicted octanol–water partition coefficient (Wildman–Crippen LogP) is -1.01. The van der Waals surface area contributed by atoms with Crippen molar-refractivity contribution in [2.75, 3.05) is 26.2 Å². The van der Waals surface area contributed by atoms with Gasteiger partial charge in [-0.1, -0.05) is 0 Å². The second-order valence-electron chi connectivity index (χ2n) is 3.00. The first-order valence-electron chi connectivity index (χ1n) is 4.27. The number of rotatable bonds is 1. The highest BCUT2D eigenvalue weighted by molar-refractivity contribution is 5.90. The fourth-order valence-electron chi connectivity index (χ4n) is 1.38. The molecule has 0 saturated carbocycles. The van der Waals surface area contributed by atoms with Gasteiger partial charge in [-0.05, 0) is 0 Å². The molecule has 1 unspecified atom stereocenters. The molecule has 5 nitrogen and oxygen atoms in total. The first kappa shape index (κ1) is 8.44. The van der Waals surface area contributed by atoms with Crippen LogP contribution in [-0.2, 0) is 9.53 Å². The Morgan fingerprint density at radius 2 is 2.69 bits per heavy atom. The lowest BCUT2D eigenvalue weighted by Gasteiger charge is -2.29. The van der Waals surface area contributed by atoms with Gasteiger partial charge in [0, 0.05) is 13.1 Å². The van der Waals surface area contributed by atoms with Gasteiger partial charge in [0.1, 0.15) is 5.94 Å². The van der Waals surface area contributed by atoms with E-state index in [-0.39, 0.29) is 6.23 Å². The quantitative estimate of drug-likeness (QED) is 0.527. The van der Waals surface area contributed by atoms with Gasteiger partial charge < -0.3 is 10.1 Å². The molecule has 1 fully saturated rings. The zero-order valence-corrected chi connectivity index (χ0v) is 7.19. The third kappa shape index (κ3) is 1.78. The molecule has 5 heteroatoms. The van der Waals surface area contributed by atoms with Crippen LogP contribution >= 0.6 is 0 Å². The maximum absolute atomic E-state index is 10.3. The van der Waals surface area contributed by atoms with E-state index in [2.05, 4.69) is 10.4 Å². The van der Waals surface area contributed by atoms with Gasteiger partial charge in [-0.25, -0.2) is 4.79 Å². The Hall–Kier alpha value is -1.16. The van der Waals surface area contributed by atoms with E-state index < -0.39 is 0 Å². The molecule has 1 atom stereocenters. The van der Waals surface area contributed by atoms with Gasteiger partial charge in [-0.15, -0.1) is 0 Å². The van der Waals surface area contributed by atoms with E-state index in [1.807, 2.05) is 5.94 Å². The highest BCUT2D eigenvalue weighted by Crippen LogP contribution is 2.11. The maximum atomic E-state index is 10.3. The molecule has 0 radical (unpaired) electrons. The first-order valence-corrected chi connectivity index (χ1v) is 4.27. The summed E-state index contributed by atoms with van der Waals surface area (Å²) in [6, 6.07) is 0. The Kier molecular flexibility index (Phi) is 2.40. The summed E-state index contributed by atoms with van der Waals surface area (Å²) in [6.07, 6.45) is 1.49. The second kappa shape index (κ2) is 3.70. The van der Waals surface area contributed by atoms with E-state index in [1.54, 1.807) is 5.01 Å². The van der Waals surface area contributed by atoms with Gasteiger partial charge >= 0.3 is 0 Å². The first-order chi connectivity index (χ1) is 6.40. The molecule has 0 aliphatic carbocycles. The van der Waals surface area contributed by atoms with Crippen LogP contribution in [0.5, 0.6) is 0 Å². The summed E-state index contributed by atoms with van der Waals surface area (Å²) in [7, 11) is 0. The van der Waals surface area contributed by atoms with E-state index in [1.165, 1.54) is 6.21 Å².